The predicted octanol–water partition coefficient (Wildman–Crippen LogP) is 5.86. The summed E-state index contributed by atoms with van der Waals surface area (Å²) in [6, 6.07) is 0. The van der Waals surface area contributed by atoms with Gasteiger partial charge in [-0.05, 0) is 28.9 Å². The van der Waals surface area contributed by atoms with Crippen LogP contribution in [0, 0.1) is 23.7 Å². The Bertz CT molecular complexity index is 184. The molecule has 0 aliphatic rings. The standard InChI is InChI=1S/C16H34S/c1-11(2)9-10-14(7)15(8)16(12(3)4)17-13(5)6/h11-16H,9-10H2,1-8H3. The fourth-order valence-electron chi connectivity index (χ4n) is 2.39. The lowest BCUT2D eigenvalue weighted by Crippen LogP contribution is -2.27. The van der Waals surface area contributed by atoms with Gasteiger partial charge in [-0.25, -0.2) is 0 Å². The third-order valence-corrected chi connectivity index (χ3v) is 5.53. The Morgan fingerprint density at radius 3 is 1.65 bits per heavy atom. The van der Waals surface area contributed by atoms with Crippen LogP contribution in [0.5, 0.6) is 0 Å². The predicted molar refractivity (Wildman–Crippen MR) is 83.8 cm³/mol. The molecule has 0 aromatic carbocycles. The van der Waals surface area contributed by atoms with Crippen LogP contribution in [0.4, 0.5) is 0 Å². The summed E-state index contributed by atoms with van der Waals surface area (Å²) in [4.78, 5) is 0. The van der Waals surface area contributed by atoms with Crippen LogP contribution in [0.15, 0.2) is 0 Å². The van der Waals surface area contributed by atoms with Gasteiger partial charge in [0.15, 0.2) is 0 Å². The maximum atomic E-state index is 2.46. The molecule has 0 amide bonds. The molecule has 17 heavy (non-hydrogen) atoms. The summed E-state index contributed by atoms with van der Waals surface area (Å²) < 4.78 is 0. The van der Waals surface area contributed by atoms with Crippen LogP contribution in [0.2, 0.25) is 0 Å². The largest absolute Gasteiger partial charge is 0.155 e. The van der Waals surface area contributed by atoms with E-state index >= 15 is 0 Å². The molecule has 0 N–H and O–H groups in total. The van der Waals surface area contributed by atoms with E-state index < -0.39 is 0 Å². The lowest BCUT2D eigenvalue weighted by Gasteiger charge is -2.33. The third kappa shape index (κ3) is 7.39. The molecule has 104 valence electrons. The zero-order valence-corrected chi connectivity index (χ0v) is 14.1. The summed E-state index contributed by atoms with van der Waals surface area (Å²) in [5.41, 5.74) is 0. The molecule has 0 bridgehead atoms. The van der Waals surface area contributed by atoms with Gasteiger partial charge in [-0.15, -0.1) is 0 Å². The average Bonchev–Trinajstić information content (AvgIpc) is 2.20. The van der Waals surface area contributed by atoms with Gasteiger partial charge in [0.2, 0.25) is 0 Å². The lowest BCUT2D eigenvalue weighted by molar-refractivity contribution is 0.301. The summed E-state index contributed by atoms with van der Waals surface area (Å²) in [6.45, 7) is 19.0. The van der Waals surface area contributed by atoms with Crippen molar-refractivity contribution in [2.75, 3.05) is 0 Å². The summed E-state index contributed by atoms with van der Waals surface area (Å²) in [5.74, 6) is 3.33. The first-order valence-electron chi connectivity index (χ1n) is 7.41. The highest BCUT2D eigenvalue weighted by molar-refractivity contribution is 8.00. The minimum atomic E-state index is 0.752. The molecule has 0 aromatic rings. The molecule has 0 fully saturated rings. The van der Waals surface area contributed by atoms with E-state index in [0.717, 1.165) is 34.2 Å². The van der Waals surface area contributed by atoms with Crippen LogP contribution < -0.4 is 0 Å². The van der Waals surface area contributed by atoms with Gasteiger partial charge < -0.3 is 0 Å². The van der Waals surface area contributed by atoms with Crippen LogP contribution in [0.1, 0.15) is 68.2 Å². The molecule has 0 aliphatic heterocycles. The van der Waals surface area contributed by atoms with Crippen LogP contribution in [-0.2, 0) is 0 Å². The monoisotopic (exact) mass is 258 g/mol. The summed E-state index contributed by atoms with van der Waals surface area (Å²) >= 11 is 2.18. The van der Waals surface area contributed by atoms with Gasteiger partial charge in [0, 0.05) is 5.25 Å². The van der Waals surface area contributed by atoms with Crippen LogP contribution in [0.3, 0.4) is 0 Å². The van der Waals surface area contributed by atoms with Crippen molar-refractivity contribution in [3.05, 3.63) is 0 Å². The van der Waals surface area contributed by atoms with E-state index in [1.165, 1.54) is 12.8 Å². The van der Waals surface area contributed by atoms with E-state index in [1.807, 2.05) is 0 Å². The van der Waals surface area contributed by atoms with E-state index in [0.29, 0.717) is 0 Å². The molecule has 0 radical (unpaired) electrons. The molecule has 0 rings (SSSR count). The van der Waals surface area contributed by atoms with E-state index in [1.54, 1.807) is 0 Å². The Balaban J connectivity index is 4.33. The van der Waals surface area contributed by atoms with Crippen molar-refractivity contribution in [1.82, 2.24) is 0 Å². The summed E-state index contributed by atoms with van der Waals surface area (Å²) in [6.07, 6.45) is 2.77. The highest BCUT2D eigenvalue weighted by Crippen LogP contribution is 2.35. The van der Waals surface area contributed by atoms with Crippen LogP contribution in [-0.4, -0.2) is 10.5 Å². The molecule has 3 unspecified atom stereocenters. The minimum Gasteiger partial charge on any atom is -0.155 e. The number of hydrogen-bond donors (Lipinski definition) is 0. The van der Waals surface area contributed by atoms with Crippen molar-refractivity contribution in [2.45, 2.75) is 78.7 Å². The minimum absolute atomic E-state index is 0.752. The highest BCUT2D eigenvalue weighted by Gasteiger charge is 2.26. The number of rotatable bonds is 8. The van der Waals surface area contributed by atoms with E-state index in [4.69, 9.17) is 0 Å². The highest BCUT2D eigenvalue weighted by atomic mass is 32.2. The molecule has 0 heterocycles. The molecular weight excluding hydrogens is 224 g/mol. The molecule has 0 aromatic heterocycles. The number of thioether (sulfide) groups is 1. The van der Waals surface area contributed by atoms with Crippen molar-refractivity contribution < 1.29 is 0 Å². The summed E-state index contributed by atoms with van der Waals surface area (Å²) in [7, 11) is 0. The first-order valence-corrected chi connectivity index (χ1v) is 8.35. The van der Waals surface area contributed by atoms with Crippen molar-refractivity contribution in [3.8, 4) is 0 Å². The Morgan fingerprint density at radius 2 is 1.29 bits per heavy atom. The molecule has 3 atom stereocenters. The SMILES string of the molecule is CC(C)CCC(C)C(C)C(SC(C)C)C(C)C. The van der Waals surface area contributed by atoms with E-state index in [2.05, 4.69) is 67.2 Å². The Labute approximate surface area is 114 Å². The van der Waals surface area contributed by atoms with Gasteiger partial charge in [0.25, 0.3) is 0 Å². The second-order valence-electron chi connectivity index (χ2n) is 6.70. The van der Waals surface area contributed by atoms with E-state index in [-0.39, 0.29) is 0 Å². The fraction of sp³-hybridized carbons (Fsp3) is 1.00. The normalized spacial score (nSPS) is 17.8. The average molecular weight is 259 g/mol. The van der Waals surface area contributed by atoms with Gasteiger partial charge in [-0.3, -0.25) is 0 Å². The zero-order valence-electron chi connectivity index (χ0n) is 13.3. The van der Waals surface area contributed by atoms with Gasteiger partial charge in [-0.2, -0.15) is 11.8 Å². The Kier molecular flexibility index (Phi) is 8.63. The van der Waals surface area contributed by atoms with E-state index in [9.17, 15) is 0 Å². The van der Waals surface area contributed by atoms with Crippen LogP contribution in [0.25, 0.3) is 0 Å². The Hall–Kier alpha value is 0.350. The van der Waals surface area contributed by atoms with Crippen molar-refractivity contribution >= 4 is 11.8 Å². The zero-order chi connectivity index (χ0) is 13.6. The Morgan fingerprint density at radius 1 is 0.765 bits per heavy atom. The maximum Gasteiger partial charge on any atom is 0.0101 e. The smallest absolute Gasteiger partial charge is 0.0101 e. The topological polar surface area (TPSA) is 0 Å². The second-order valence-corrected chi connectivity index (χ2v) is 8.46. The van der Waals surface area contributed by atoms with Gasteiger partial charge in [0.05, 0.1) is 0 Å². The quantitative estimate of drug-likeness (QED) is 0.525. The van der Waals surface area contributed by atoms with Crippen molar-refractivity contribution in [3.63, 3.8) is 0 Å². The number of hydrogen-bond acceptors (Lipinski definition) is 1. The lowest BCUT2D eigenvalue weighted by atomic mass is 9.83. The van der Waals surface area contributed by atoms with Gasteiger partial charge in [-0.1, -0.05) is 68.2 Å². The molecule has 0 spiro atoms. The second kappa shape index (κ2) is 8.45. The van der Waals surface area contributed by atoms with Crippen molar-refractivity contribution in [2.24, 2.45) is 23.7 Å². The molecule has 0 aliphatic carbocycles. The molecule has 0 saturated heterocycles. The van der Waals surface area contributed by atoms with Gasteiger partial charge in [0.1, 0.15) is 0 Å². The fourth-order valence-corrected chi connectivity index (χ4v) is 3.84. The molecule has 1 heteroatoms. The third-order valence-electron chi connectivity index (χ3n) is 3.70. The first kappa shape index (κ1) is 17.4. The summed E-state index contributed by atoms with van der Waals surface area (Å²) in [5, 5.41) is 1.57. The van der Waals surface area contributed by atoms with Gasteiger partial charge >= 0.3 is 0 Å². The van der Waals surface area contributed by atoms with Crippen molar-refractivity contribution in [1.29, 1.82) is 0 Å². The molecule has 0 saturated carbocycles. The maximum absolute atomic E-state index is 2.46. The van der Waals surface area contributed by atoms with Crippen LogP contribution >= 0.6 is 11.8 Å². The molecule has 0 nitrogen and oxygen atoms in total. The molecular formula is C16H34S. The first-order chi connectivity index (χ1) is 7.75.